The third-order valence-electron chi connectivity index (χ3n) is 4.44. The smallest absolute Gasteiger partial charge is 0.243 e. The maximum Gasteiger partial charge on any atom is 0.243 e. The third kappa shape index (κ3) is 3.42. The summed E-state index contributed by atoms with van der Waals surface area (Å²) >= 11 is 0. The second-order valence-electron chi connectivity index (χ2n) is 6.13. The average Bonchev–Trinajstić information content (AvgIpc) is 3.01. The van der Waals surface area contributed by atoms with Crippen molar-refractivity contribution < 1.29 is 13.2 Å². The van der Waals surface area contributed by atoms with Gasteiger partial charge < -0.3 is 4.74 Å². The minimum Gasteiger partial charge on any atom is -0.378 e. The number of aryl methyl sites for hydroxylation is 1. The van der Waals surface area contributed by atoms with Crippen molar-refractivity contribution in [3.8, 4) is 0 Å². The first kappa shape index (κ1) is 15.7. The topological polar surface area (TPSA) is 46.6 Å². The molecule has 22 heavy (non-hydrogen) atoms. The molecule has 0 saturated carbocycles. The van der Waals surface area contributed by atoms with Gasteiger partial charge in [0.1, 0.15) is 0 Å². The van der Waals surface area contributed by atoms with Gasteiger partial charge in [0.2, 0.25) is 10.0 Å². The van der Waals surface area contributed by atoms with Crippen LogP contribution in [0.4, 0.5) is 0 Å². The molecule has 0 amide bonds. The first-order valence-corrected chi connectivity index (χ1v) is 9.36. The summed E-state index contributed by atoms with van der Waals surface area (Å²) in [5, 5.41) is 0. The molecule has 1 fully saturated rings. The van der Waals surface area contributed by atoms with Crippen LogP contribution >= 0.6 is 0 Å². The molecule has 2 heterocycles. The van der Waals surface area contributed by atoms with Gasteiger partial charge >= 0.3 is 0 Å². The van der Waals surface area contributed by atoms with Crippen LogP contribution in [0.2, 0.25) is 0 Å². The van der Waals surface area contributed by atoms with Crippen LogP contribution in [0, 0.1) is 6.92 Å². The number of hydrogen-bond donors (Lipinski definition) is 0. The van der Waals surface area contributed by atoms with Gasteiger partial charge in [0.15, 0.2) is 0 Å². The van der Waals surface area contributed by atoms with E-state index in [0.717, 1.165) is 37.9 Å². The lowest BCUT2D eigenvalue weighted by Gasteiger charge is -2.26. The molecule has 1 aromatic carbocycles. The second kappa shape index (κ2) is 6.52. The van der Waals surface area contributed by atoms with Crippen LogP contribution < -0.4 is 0 Å². The molecule has 1 unspecified atom stereocenters. The standard InChI is InChI=1S/C17H23NO3S/c1-14-4-6-17(7-5-14)22(19,20)18-10-8-15(9-11-18)13-16-3-2-12-21-16/h4-8,16H,2-3,9-13H2,1H3. The summed E-state index contributed by atoms with van der Waals surface area (Å²) in [6.45, 7) is 3.86. The first-order chi connectivity index (χ1) is 10.6. The monoisotopic (exact) mass is 321 g/mol. The highest BCUT2D eigenvalue weighted by atomic mass is 32.2. The van der Waals surface area contributed by atoms with Crippen LogP contribution in [0.1, 0.15) is 31.2 Å². The molecule has 0 aliphatic carbocycles. The highest BCUT2D eigenvalue weighted by molar-refractivity contribution is 7.89. The molecule has 1 aromatic rings. The van der Waals surface area contributed by atoms with Gasteiger partial charge in [-0.1, -0.05) is 29.3 Å². The molecular formula is C17H23NO3S. The molecular weight excluding hydrogens is 298 g/mol. The number of nitrogens with zero attached hydrogens (tertiary/aromatic N) is 1. The Morgan fingerprint density at radius 3 is 2.64 bits per heavy atom. The summed E-state index contributed by atoms with van der Waals surface area (Å²) in [5.74, 6) is 0. The summed E-state index contributed by atoms with van der Waals surface area (Å²) in [6, 6.07) is 7.07. The number of ether oxygens (including phenoxy) is 1. The minimum atomic E-state index is -3.37. The molecule has 1 atom stereocenters. The molecule has 2 aliphatic rings. The van der Waals surface area contributed by atoms with E-state index in [1.54, 1.807) is 16.4 Å². The fourth-order valence-electron chi connectivity index (χ4n) is 3.05. The van der Waals surface area contributed by atoms with E-state index < -0.39 is 10.0 Å². The minimum absolute atomic E-state index is 0.339. The molecule has 4 nitrogen and oxygen atoms in total. The predicted octanol–water partition coefficient (Wildman–Crippen LogP) is 2.88. The Balaban J connectivity index is 1.66. The molecule has 0 aromatic heterocycles. The summed E-state index contributed by atoms with van der Waals surface area (Å²) < 4.78 is 32.5. The molecule has 0 spiro atoms. The normalized spacial score (nSPS) is 23.5. The Labute approximate surface area is 132 Å². The zero-order valence-electron chi connectivity index (χ0n) is 13.0. The van der Waals surface area contributed by atoms with Gasteiger partial charge in [-0.05, 0) is 44.7 Å². The van der Waals surface area contributed by atoms with Gasteiger partial charge in [-0.3, -0.25) is 0 Å². The van der Waals surface area contributed by atoms with Crippen LogP contribution in [0.3, 0.4) is 0 Å². The lowest BCUT2D eigenvalue weighted by Crippen LogP contribution is -2.35. The molecule has 0 radical (unpaired) electrons. The first-order valence-electron chi connectivity index (χ1n) is 7.92. The van der Waals surface area contributed by atoms with Crippen LogP contribution in [0.25, 0.3) is 0 Å². The van der Waals surface area contributed by atoms with E-state index >= 15 is 0 Å². The van der Waals surface area contributed by atoms with Gasteiger partial charge in [0.05, 0.1) is 11.0 Å². The molecule has 0 bridgehead atoms. The van der Waals surface area contributed by atoms with E-state index in [1.807, 2.05) is 19.1 Å². The Kier molecular flexibility index (Phi) is 4.66. The second-order valence-corrected chi connectivity index (χ2v) is 8.07. The summed E-state index contributed by atoms with van der Waals surface area (Å²) in [4.78, 5) is 0.383. The van der Waals surface area contributed by atoms with Crippen molar-refractivity contribution in [2.24, 2.45) is 0 Å². The largest absolute Gasteiger partial charge is 0.378 e. The summed E-state index contributed by atoms with van der Waals surface area (Å²) in [5.41, 5.74) is 2.40. The Bertz CT molecular complexity index is 643. The van der Waals surface area contributed by atoms with E-state index in [0.29, 0.717) is 24.1 Å². The molecule has 5 heteroatoms. The van der Waals surface area contributed by atoms with Crippen molar-refractivity contribution in [2.45, 2.75) is 43.6 Å². The Morgan fingerprint density at radius 2 is 2.05 bits per heavy atom. The molecule has 0 N–H and O–H groups in total. The molecule has 1 saturated heterocycles. The molecule has 3 rings (SSSR count). The van der Waals surface area contributed by atoms with Crippen molar-refractivity contribution >= 4 is 10.0 Å². The van der Waals surface area contributed by atoms with Crippen LogP contribution in [-0.4, -0.2) is 38.5 Å². The number of rotatable bonds is 4. The quantitative estimate of drug-likeness (QED) is 0.801. The van der Waals surface area contributed by atoms with Crippen molar-refractivity contribution in [3.63, 3.8) is 0 Å². The lowest BCUT2D eigenvalue weighted by molar-refractivity contribution is 0.110. The maximum atomic E-state index is 12.6. The van der Waals surface area contributed by atoms with Gasteiger partial charge in [-0.25, -0.2) is 8.42 Å². The number of hydrogen-bond acceptors (Lipinski definition) is 3. The third-order valence-corrected chi connectivity index (χ3v) is 6.32. The SMILES string of the molecule is Cc1ccc(S(=O)(=O)N2CC=C(CC3CCCO3)CC2)cc1. The van der Waals surface area contributed by atoms with Crippen LogP contribution in [0.5, 0.6) is 0 Å². The van der Waals surface area contributed by atoms with Crippen molar-refractivity contribution in [2.75, 3.05) is 19.7 Å². The van der Waals surface area contributed by atoms with Gasteiger partial charge in [0.25, 0.3) is 0 Å². The zero-order valence-corrected chi connectivity index (χ0v) is 13.8. The van der Waals surface area contributed by atoms with E-state index in [4.69, 9.17) is 4.74 Å². The van der Waals surface area contributed by atoms with Gasteiger partial charge in [-0.2, -0.15) is 4.31 Å². The van der Waals surface area contributed by atoms with Crippen LogP contribution in [0.15, 0.2) is 40.8 Å². The predicted molar refractivity (Wildman–Crippen MR) is 86.2 cm³/mol. The number of sulfonamides is 1. The average molecular weight is 321 g/mol. The highest BCUT2D eigenvalue weighted by Crippen LogP contribution is 2.26. The zero-order chi connectivity index (χ0) is 15.6. The fourth-order valence-corrected chi connectivity index (χ4v) is 4.43. The van der Waals surface area contributed by atoms with Gasteiger partial charge in [-0.15, -0.1) is 0 Å². The number of benzene rings is 1. The highest BCUT2D eigenvalue weighted by Gasteiger charge is 2.27. The molecule has 2 aliphatic heterocycles. The van der Waals surface area contributed by atoms with Crippen molar-refractivity contribution in [1.29, 1.82) is 0 Å². The maximum absolute atomic E-state index is 12.6. The van der Waals surface area contributed by atoms with E-state index in [1.165, 1.54) is 5.57 Å². The van der Waals surface area contributed by atoms with Crippen molar-refractivity contribution in [3.05, 3.63) is 41.5 Å². The summed E-state index contributed by atoms with van der Waals surface area (Å²) in [7, 11) is -3.37. The Hall–Kier alpha value is -1.17. The fraction of sp³-hybridized carbons (Fsp3) is 0.529. The van der Waals surface area contributed by atoms with Gasteiger partial charge in [0, 0.05) is 19.7 Å². The summed E-state index contributed by atoms with van der Waals surface area (Å²) in [6.07, 6.45) is 6.45. The van der Waals surface area contributed by atoms with E-state index in [-0.39, 0.29) is 0 Å². The van der Waals surface area contributed by atoms with Crippen molar-refractivity contribution in [1.82, 2.24) is 4.31 Å². The molecule has 120 valence electrons. The van der Waals surface area contributed by atoms with E-state index in [9.17, 15) is 8.42 Å². The van der Waals surface area contributed by atoms with Crippen LogP contribution in [-0.2, 0) is 14.8 Å². The Morgan fingerprint density at radius 1 is 1.27 bits per heavy atom. The van der Waals surface area contributed by atoms with E-state index in [2.05, 4.69) is 6.08 Å². The lowest BCUT2D eigenvalue weighted by atomic mass is 10.0.